The summed E-state index contributed by atoms with van der Waals surface area (Å²) in [7, 11) is 0. The average molecular weight is 283 g/mol. The number of nitrogens with zero attached hydrogens (tertiary/aromatic N) is 1. The van der Waals surface area contributed by atoms with Crippen molar-refractivity contribution < 1.29 is 19.3 Å². The first-order chi connectivity index (χ1) is 9.13. The molecular weight excluding hydrogens is 269 g/mol. The van der Waals surface area contributed by atoms with Crippen LogP contribution in [0.2, 0.25) is 0 Å². The highest BCUT2D eigenvalue weighted by Gasteiger charge is 2.12. The third-order valence-corrected chi connectivity index (χ3v) is 3.40. The van der Waals surface area contributed by atoms with Crippen LogP contribution < -0.4 is 4.74 Å². The Balaban J connectivity index is 2.23. The molecule has 0 aliphatic carbocycles. The number of benzene rings is 1. The highest BCUT2D eigenvalue weighted by Crippen LogP contribution is 2.27. The van der Waals surface area contributed by atoms with Gasteiger partial charge in [-0.2, -0.15) is 0 Å². The Morgan fingerprint density at radius 1 is 1.26 bits per heavy atom. The molecule has 0 atom stereocenters. The maximum atomic E-state index is 13.3. The van der Waals surface area contributed by atoms with E-state index < -0.39 is 5.82 Å². The smallest absolute Gasteiger partial charge is 0.131 e. The molecule has 4 nitrogen and oxygen atoms in total. The van der Waals surface area contributed by atoms with Gasteiger partial charge in [-0.25, -0.2) is 9.37 Å². The molecule has 6 heteroatoms. The van der Waals surface area contributed by atoms with Gasteiger partial charge in [0.2, 0.25) is 0 Å². The summed E-state index contributed by atoms with van der Waals surface area (Å²) in [5.74, 6) is -0.193. The molecule has 0 saturated carbocycles. The highest BCUT2D eigenvalue weighted by molar-refractivity contribution is 7.09. The molecule has 0 aliphatic heterocycles. The topological polar surface area (TPSA) is 62.6 Å². The Bertz CT molecular complexity index is 546. The van der Waals surface area contributed by atoms with E-state index in [1.54, 1.807) is 0 Å². The zero-order valence-corrected chi connectivity index (χ0v) is 11.2. The van der Waals surface area contributed by atoms with E-state index in [9.17, 15) is 14.6 Å². The Morgan fingerprint density at radius 3 is 2.37 bits per heavy atom. The number of hydrogen-bond donors (Lipinski definition) is 2. The van der Waals surface area contributed by atoms with Gasteiger partial charge in [-0.1, -0.05) is 0 Å². The molecule has 2 N–H and O–H groups in total. The maximum Gasteiger partial charge on any atom is 0.131 e. The molecule has 0 saturated heterocycles. The minimum absolute atomic E-state index is 0.218. The zero-order valence-electron chi connectivity index (χ0n) is 10.4. The minimum atomic E-state index is -0.509. The average Bonchev–Trinajstić information content (AvgIpc) is 2.81. The van der Waals surface area contributed by atoms with Crippen LogP contribution in [0.1, 0.15) is 21.8 Å². The van der Waals surface area contributed by atoms with Crippen molar-refractivity contribution >= 4 is 11.3 Å². The second-order valence-corrected chi connectivity index (χ2v) is 5.08. The van der Waals surface area contributed by atoms with Gasteiger partial charge in [0.25, 0.3) is 0 Å². The third kappa shape index (κ3) is 3.28. The molecule has 1 aromatic carbocycles. The van der Waals surface area contributed by atoms with Crippen molar-refractivity contribution in [1.82, 2.24) is 4.98 Å². The molecule has 0 fully saturated rings. The molecule has 0 unspecified atom stereocenters. The van der Waals surface area contributed by atoms with Gasteiger partial charge < -0.3 is 14.9 Å². The lowest BCUT2D eigenvalue weighted by molar-refractivity contribution is 0.240. The van der Waals surface area contributed by atoms with Crippen molar-refractivity contribution in [2.45, 2.75) is 26.7 Å². The summed E-state index contributed by atoms with van der Waals surface area (Å²) in [6.07, 6.45) is 0. The third-order valence-electron chi connectivity index (χ3n) is 2.58. The Kier molecular flexibility index (Phi) is 4.47. The van der Waals surface area contributed by atoms with E-state index in [1.807, 2.05) is 12.3 Å². The summed E-state index contributed by atoms with van der Waals surface area (Å²) >= 11 is 1.51. The van der Waals surface area contributed by atoms with Gasteiger partial charge >= 0.3 is 0 Å². The molecule has 19 heavy (non-hydrogen) atoms. The number of aromatic nitrogens is 1. The van der Waals surface area contributed by atoms with Gasteiger partial charge in [-0.05, 0) is 19.1 Å². The lowest BCUT2D eigenvalue weighted by Crippen LogP contribution is -2.04. The number of rotatable bonds is 5. The van der Waals surface area contributed by atoms with Gasteiger partial charge in [0, 0.05) is 16.5 Å². The number of hydrogen-bond acceptors (Lipinski definition) is 5. The summed E-state index contributed by atoms with van der Waals surface area (Å²) in [6, 6.07) is 2.39. The monoisotopic (exact) mass is 283 g/mol. The molecule has 2 aromatic rings. The Hall–Kier alpha value is -1.50. The van der Waals surface area contributed by atoms with Crippen LogP contribution in [-0.2, 0) is 19.8 Å². The number of aliphatic hydroxyl groups excluding tert-OH is 2. The Morgan fingerprint density at radius 2 is 1.89 bits per heavy atom. The molecule has 0 aliphatic rings. The second-order valence-electron chi connectivity index (χ2n) is 4.02. The molecule has 1 heterocycles. The van der Waals surface area contributed by atoms with E-state index in [-0.39, 0.29) is 19.8 Å². The number of aryl methyl sites for hydroxylation is 1. The standard InChI is InChI=1S/C13H14FNO3S/c1-8-15-12(7-19-8)6-18-13-9(4-16)2-11(14)3-10(13)5-17/h2-3,7,16-17H,4-6H2,1H3. The van der Waals surface area contributed by atoms with E-state index in [0.717, 1.165) is 10.7 Å². The van der Waals surface area contributed by atoms with E-state index in [1.165, 1.54) is 23.5 Å². The van der Waals surface area contributed by atoms with Crippen molar-refractivity contribution in [2.24, 2.45) is 0 Å². The van der Waals surface area contributed by atoms with Crippen LogP contribution in [0.15, 0.2) is 17.5 Å². The fourth-order valence-electron chi connectivity index (χ4n) is 1.75. The summed E-state index contributed by atoms with van der Waals surface area (Å²) in [6.45, 7) is 1.41. The molecular formula is C13H14FNO3S. The molecule has 102 valence electrons. The van der Waals surface area contributed by atoms with Crippen LogP contribution in [0.3, 0.4) is 0 Å². The van der Waals surface area contributed by atoms with Gasteiger partial charge in [0.05, 0.1) is 23.9 Å². The van der Waals surface area contributed by atoms with Gasteiger partial charge in [-0.3, -0.25) is 0 Å². The number of thiazole rings is 1. The molecule has 0 amide bonds. The van der Waals surface area contributed by atoms with Crippen LogP contribution in [0, 0.1) is 12.7 Å². The molecule has 0 spiro atoms. The first-order valence-electron chi connectivity index (χ1n) is 5.71. The van der Waals surface area contributed by atoms with Gasteiger partial charge in [0.1, 0.15) is 18.2 Å². The number of aliphatic hydroxyl groups is 2. The van der Waals surface area contributed by atoms with E-state index in [2.05, 4.69) is 4.98 Å². The van der Waals surface area contributed by atoms with Crippen molar-refractivity contribution in [3.05, 3.63) is 45.2 Å². The largest absolute Gasteiger partial charge is 0.487 e. The predicted molar refractivity (Wildman–Crippen MR) is 69.4 cm³/mol. The van der Waals surface area contributed by atoms with E-state index in [4.69, 9.17) is 4.74 Å². The van der Waals surface area contributed by atoms with E-state index >= 15 is 0 Å². The molecule has 0 bridgehead atoms. The first-order valence-corrected chi connectivity index (χ1v) is 6.58. The summed E-state index contributed by atoms with van der Waals surface area (Å²) in [5, 5.41) is 21.2. The molecule has 1 aromatic heterocycles. The van der Waals surface area contributed by atoms with Crippen LogP contribution in [0.5, 0.6) is 5.75 Å². The fraction of sp³-hybridized carbons (Fsp3) is 0.308. The SMILES string of the molecule is Cc1nc(COc2c(CO)cc(F)cc2CO)cs1. The van der Waals surface area contributed by atoms with Gasteiger partial charge in [0.15, 0.2) is 0 Å². The van der Waals surface area contributed by atoms with Crippen molar-refractivity contribution in [3.63, 3.8) is 0 Å². The van der Waals surface area contributed by atoms with Crippen molar-refractivity contribution in [2.75, 3.05) is 0 Å². The zero-order chi connectivity index (χ0) is 13.8. The van der Waals surface area contributed by atoms with Gasteiger partial charge in [-0.15, -0.1) is 11.3 Å². The summed E-state index contributed by atoms with van der Waals surface area (Å²) in [5.41, 5.74) is 1.40. The molecule has 2 rings (SSSR count). The normalized spacial score (nSPS) is 10.7. The highest BCUT2D eigenvalue weighted by atomic mass is 32.1. The van der Waals surface area contributed by atoms with Crippen LogP contribution in [0.25, 0.3) is 0 Å². The quantitative estimate of drug-likeness (QED) is 0.882. The fourth-order valence-corrected chi connectivity index (χ4v) is 2.35. The van der Waals surface area contributed by atoms with Crippen molar-refractivity contribution in [1.29, 1.82) is 0 Å². The molecule has 0 radical (unpaired) electrons. The lowest BCUT2D eigenvalue weighted by Gasteiger charge is -2.13. The van der Waals surface area contributed by atoms with Crippen LogP contribution in [0.4, 0.5) is 4.39 Å². The maximum absolute atomic E-state index is 13.3. The minimum Gasteiger partial charge on any atom is -0.487 e. The van der Waals surface area contributed by atoms with E-state index in [0.29, 0.717) is 16.9 Å². The second kappa shape index (κ2) is 6.10. The van der Waals surface area contributed by atoms with Crippen LogP contribution >= 0.6 is 11.3 Å². The summed E-state index contributed by atoms with van der Waals surface area (Å²) < 4.78 is 18.8. The lowest BCUT2D eigenvalue weighted by atomic mass is 10.1. The van der Waals surface area contributed by atoms with Crippen molar-refractivity contribution in [3.8, 4) is 5.75 Å². The van der Waals surface area contributed by atoms with Crippen LogP contribution in [-0.4, -0.2) is 15.2 Å². The Labute approximate surface area is 114 Å². The summed E-state index contributed by atoms with van der Waals surface area (Å²) in [4.78, 5) is 4.25. The number of ether oxygens (including phenoxy) is 1. The predicted octanol–water partition coefficient (Wildman–Crippen LogP) is 2.15. The first kappa shape index (κ1) is 13.9. The number of halogens is 1.